The van der Waals surface area contributed by atoms with Crippen LogP contribution < -0.4 is 5.32 Å². The second-order valence-corrected chi connectivity index (χ2v) is 7.70. The Morgan fingerprint density at radius 2 is 1.79 bits per heavy atom. The highest BCUT2D eigenvalue weighted by molar-refractivity contribution is 6.31. The monoisotopic (exact) mass is 408 g/mol. The van der Waals surface area contributed by atoms with Crippen molar-refractivity contribution in [3.63, 3.8) is 0 Å². The Morgan fingerprint density at radius 1 is 1.11 bits per heavy atom. The molecule has 1 aromatic rings. The largest absolute Gasteiger partial charge is 0.378 e. The van der Waals surface area contributed by atoms with E-state index in [9.17, 15) is 9.59 Å². The van der Waals surface area contributed by atoms with Crippen LogP contribution >= 0.6 is 11.6 Å². The number of carbonyl (C=O) groups excluding carboxylic acids is 2. The number of halogens is 1. The predicted octanol–water partition coefficient (Wildman–Crippen LogP) is 0.821. The van der Waals surface area contributed by atoms with Gasteiger partial charge in [0, 0.05) is 50.8 Å². The topological polar surface area (TPSA) is 65.1 Å². The summed E-state index contributed by atoms with van der Waals surface area (Å²) in [5, 5.41) is 3.63. The van der Waals surface area contributed by atoms with Crippen molar-refractivity contribution >= 4 is 23.4 Å². The summed E-state index contributed by atoms with van der Waals surface area (Å²) < 4.78 is 5.30. The molecule has 0 radical (unpaired) electrons. The molecular weight excluding hydrogens is 380 g/mol. The van der Waals surface area contributed by atoms with Gasteiger partial charge in [-0.25, -0.2) is 0 Å². The van der Waals surface area contributed by atoms with Gasteiger partial charge in [0.25, 0.3) is 0 Å². The zero-order valence-electron chi connectivity index (χ0n) is 16.4. The van der Waals surface area contributed by atoms with Gasteiger partial charge in [0.1, 0.15) is 0 Å². The molecule has 0 aliphatic carbocycles. The van der Waals surface area contributed by atoms with Crippen LogP contribution in [0, 0.1) is 0 Å². The molecule has 0 saturated carbocycles. The van der Waals surface area contributed by atoms with Crippen LogP contribution in [0.1, 0.15) is 12.5 Å². The van der Waals surface area contributed by atoms with Gasteiger partial charge in [0.15, 0.2) is 0 Å². The van der Waals surface area contributed by atoms with Crippen LogP contribution in [0.15, 0.2) is 24.3 Å². The number of amides is 2. The normalized spacial score (nSPS) is 20.0. The van der Waals surface area contributed by atoms with E-state index >= 15 is 0 Å². The fourth-order valence-electron chi connectivity index (χ4n) is 3.55. The maximum absolute atomic E-state index is 12.5. The standard InChI is InChI=1S/C20H29ClN4O3/c1-16(20(27)22-14-17-4-2-3-5-18(17)21)24-8-6-23(7-9-24)15-19(26)25-10-12-28-13-11-25/h2-5,16H,6-15H2,1H3,(H,22,27). The molecule has 1 unspecified atom stereocenters. The molecule has 2 amide bonds. The number of nitrogens with one attached hydrogen (secondary N) is 1. The first-order valence-electron chi connectivity index (χ1n) is 9.87. The van der Waals surface area contributed by atoms with E-state index < -0.39 is 0 Å². The van der Waals surface area contributed by atoms with Crippen LogP contribution in [-0.2, 0) is 20.9 Å². The van der Waals surface area contributed by atoms with Gasteiger partial charge < -0.3 is 15.0 Å². The van der Waals surface area contributed by atoms with Crippen molar-refractivity contribution in [2.75, 3.05) is 59.0 Å². The van der Waals surface area contributed by atoms with Gasteiger partial charge in [-0.05, 0) is 18.6 Å². The predicted molar refractivity (Wildman–Crippen MR) is 108 cm³/mol. The molecule has 0 bridgehead atoms. The molecular formula is C20H29ClN4O3. The highest BCUT2D eigenvalue weighted by Crippen LogP contribution is 2.15. The lowest BCUT2D eigenvalue weighted by Crippen LogP contribution is -2.55. The third-order valence-electron chi connectivity index (χ3n) is 5.47. The SMILES string of the molecule is CC(C(=O)NCc1ccccc1Cl)N1CCN(CC(=O)N2CCOCC2)CC1. The van der Waals surface area contributed by atoms with Gasteiger partial charge in [-0.3, -0.25) is 19.4 Å². The van der Waals surface area contributed by atoms with Crippen molar-refractivity contribution in [2.24, 2.45) is 0 Å². The smallest absolute Gasteiger partial charge is 0.237 e. The zero-order chi connectivity index (χ0) is 19.9. The Morgan fingerprint density at radius 3 is 2.46 bits per heavy atom. The Kier molecular flexibility index (Phi) is 7.67. The average molecular weight is 409 g/mol. The molecule has 7 nitrogen and oxygen atoms in total. The van der Waals surface area contributed by atoms with E-state index in [0.29, 0.717) is 44.4 Å². The third-order valence-corrected chi connectivity index (χ3v) is 5.84. The molecule has 2 heterocycles. The minimum absolute atomic E-state index is 0.00207. The van der Waals surface area contributed by atoms with Crippen molar-refractivity contribution in [3.8, 4) is 0 Å². The van der Waals surface area contributed by atoms with Crippen molar-refractivity contribution in [1.29, 1.82) is 0 Å². The van der Waals surface area contributed by atoms with E-state index in [4.69, 9.17) is 16.3 Å². The van der Waals surface area contributed by atoms with E-state index in [2.05, 4.69) is 15.1 Å². The molecule has 0 spiro atoms. The summed E-state index contributed by atoms with van der Waals surface area (Å²) in [6.07, 6.45) is 0. The average Bonchev–Trinajstić information content (AvgIpc) is 2.73. The van der Waals surface area contributed by atoms with Crippen molar-refractivity contribution in [2.45, 2.75) is 19.5 Å². The number of rotatable bonds is 6. The van der Waals surface area contributed by atoms with Gasteiger partial charge in [0.05, 0.1) is 25.8 Å². The number of ether oxygens (including phenoxy) is 1. The van der Waals surface area contributed by atoms with Gasteiger partial charge in [-0.1, -0.05) is 29.8 Å². The van der Waals surface area contributed by atoms with Gasteiger partial charge >= 0.3 is 0 Å². The maximum Gasteiger partial charge on any atom is 0.237 e. The van der Waals surface area contributed by atoms with Gasteiger partial charge in [-0.15, -0.1) is 0 Å². The first-order valence-corrected chi connectivity index (χ1v) is 10.3. The number of nitrogens with zero attached hydrogens (tertiary/aromatic N) is 3. The molecule has 2 saturated heterocycles. The van der Waals surface area contributed by atoms with Gasteiger partial charge in [0.2, 0.25) is 11.8 Å². The van der Waals surface area contributed by atoms with Crippen LogP contribution in [0.2, 0.25) is 5.02 Å². The quantitative estimate of drug-likeness (QED) is 0.755. The Hall–Kier alpha value is -1.67. The fraction of sp³-hybridized carbons (Fsp3) is 0.600. The van der Waals surface area contributed by atoms with Crippen LogP contribution in [0.4, 0.5) is 0 Å². The van der Waals surface area contributed by atoms with Crippen molar-refractivity contribution in [3.05, 3.63) is 34.9 Å². The van der Waals surface area contributed by atoms with Crippen LogP contribution in [0.3, 0.4) is 0 Å². The van der Waals surface area contributed by atoms with Crippen LogP contribution in [0.5, 0.6) is 0 Å². The molecule has 154 valence electrons. The fourth-order valence-corrected chi connectivity index (χ4v) is 3.75. The lowest BCUT2D eigenvalue weighted by molar-refractivity contribution is -0.137. The summed E-state index contributed by atoms with van der Waals surface area (Å²) in [6.45, 7) is 8.54. The lowest BCUT2D eigenvalue weighted by atomic mass is 10.2. The highest BCUT2D eigenvalue weighted by atomic mass is 35.5. The lowest BCUT2D eigenvalue weighted by Gasteiger charge is -2.38. The molecule has 1 atom stereocenters. The van der Waals surface area contributed by atoms with Gasteiger partial charge in [-0.2, -0.15) is 0 Å². The van der Waals surface area contributed by atoms with E-state index in [-0.39, 0.29) is 17.9 Å². The van der Waals surface area contributed by atoms with Crippen LogP contribution in [0.25, 0.3) is 0 Å². The van der Waals surface area contributed by atoms with E-state index in [1.54, 1.807) is 0 Å². The van der Waals surface area contributed by atoms with E-state index in [1.807, 2.05) is 36.1 Å². The van der Waals surface area contributed by atoms with Crippen molar-refractivity contribution < 1.29 is 14.3 Å². The highest BCUT2D eigenvalue weighted by Gasteiger charge is 2.27. The summed E-state index contributed by atoms with van der Waals surface area (Å²) >= 11 is 6.14. The number of carbonyl (C=O) groups is 2. The summed E-state index contributed by atoms with van der Waals surface area (Å²) in [5.74, 6) is 0.167. The number of benzene rings is 1. The maximum atomic E-state index is 12.5. The number of hydrogen-bond donors (Lipinski definition) is 1. The summed E-state index contributed by atoms with van der Waals surface area (Å²) in [4.78, 5) is 31.1. The first kappa shape index (κ1) is 21.0. The first-order chi connectivity index (χ1) is 13.5. The number of hydrogen-bond acceptors (Lipinski definition) is 5. The molecule has 2 aliphatic heterocycles. The molecule has 28 heavy (non-hydrogen) atoms. The molecule has 2 aliphatic rings. The second-order valence-electron chi connectivity index (χ2n) is 7.29. The number of morpholine rings is 1. The van der Waals surface area contributed by atoms with E-state index in [1.165, 1.54) is 0 Å². The third kappa shape index (κ3) is 5.67. The Balaban J connectivity index is 1.40. The summed E-state index contributed by atoms with van der Waals surface area (Å²) in [7, 11) is 0. The van der Waals surface area contributed by atoms with Crippen LogP contribution in [-0.4, -0.2) is 91.6 Å². The number of piperazine rings is 1. The second kappa shape index (κ2) is 10.2. The van der Waals surface area contributed by atoms with Crippen molar-refractivity contribution in [1.82, 2.24) is 20.0 Å². The summed E-state index contributed by atoms with van der Waals surface area (Å²) in [6, 6.07) is 7.31. The minimum atomic E-state index is -0.209. The Bertz CT molecular complexity index is 673. The molecule has 2 fully saturated rings. The zero-order valence-corrected chi connectivity index (χ0v) is 17.2. The van der Waals surface area contributed by atoms with E-state index in [0.717, 1.165) is 31.7 Å². The molecule has 0 aromatic heterocycles. The molecule has 1 aromatic carbocycles. The molecule has 3 rings (SSSR count). The minimum Gasteiger partial charge on any atom is -0.378 e. The molecule has 8 heteroatoms. The molecule has 1 N–H and O–H groups in total. The Labute approximate surface area is 171 Å². The summed E-state index contributed by atoms with van der Waals surface area (Å²) in [5.41, 5.74) is 0.913.